The predicted molar refractivity (Wildman–Crippen MR) is 96.1 cm³/mol. The fraction of sp³-hybridized carbons (Fsp3) is 0.375. The van der Waals surface area contributed by atoms with E-state index in [0.29, 0.717) is 13.1 Å². The highest BCUT2D eigenvalue weighted by Crippen LogP contribution is 2.12. The van der Waals surface area contributed by atoms with Gasteiger partial charge in [0.2, 0.25) is 0 Å². The predicted octanol–water partition coefficient (Wildman–Crippen LogP) is 2.00. The third-order valence-corrected chi connectivity index (χ3v) is 4.61. The third kappa shape index (κ3) is 3.88. The fourth-order valence-electron chi connectivity index (χ4n) is 2.24. The van der Waals surface area contributed by atoms with Crippen molar-refractivity contribution in [1.29, 1.82) is 0 Å². The van der Waals surface area contributed by atoms with Crippen molar-refractivity contribution in [1.82, 2.24) is 30.2 Å². The van der Waals surface area contributed by atoms with Crippen LogP contribution in [0.4, 0.5) is 0 Å². The summed E-state index contributed by atoms with van der Waals surface area (Å²) in [5.74, 6) is 1.56. The van der Waals surface area contributed by atoms with Gasteiger partial charge in [0.15, 0.2) is 17.4 Å². The van der Waals surface area contributed by atoms with E-state index in [2.05, 4.69) is 37.7 Å². The molecule has 0 amide bonds. The molecule has 0 aliphatic heterocycles. The molecule has 0 bridgehead atoms. The number of aliphatic imine (C=N–C) groups is 1. The number of thiazole rings is 1. The number of guanidine groups is 1. The van der Waals surface area contributed by atoms with Crippen LogP contribution in [-0.4, -0.2) is 32.1 Å². The van der Waals surface area contributed by atoms with Gasteiger partial charge in [0.1, 0.15) is 11.6 Å². The standard InChI is InChI=1S/C16H21N7S/c1-3-12-9-18-15(24-12)11-20-16(17-4-2)19-10-14-22-21-13-7-5-6-8-23(13)14/h5-9H,3-4,10-11H2,1-2H3,(H2,17,19,20). The first-order chi connectivity index (χ1) is 11.8. The second-order valence-electron chi connectivity index (χ2n) is 5.17. The highest BCUT2D eigenvalue weighted by Gasteiger charge is 2.06. The maximum Gasteiger partial charge on any atom is 0.192 e. The van der Waals surface area contributed by atoms with Crippen LogP contribution in [0.1, 0.15) is 29.6 Å². The van der Waals surface area contributed by atoms with Crippen molar-refractivity contribution in [3.63, 3.8) is 0 Å². The molecule has 3 aromatic heterocycles. The molecule has 3 rings (SSSR count). The minimum absolute atomic E-state index is 0.457. The van der Waals surface area contributed by atoms with E-state index in [0.717, 1.165) is 35.4 Å². The molecule has 7 nitrogen and oxygen atoms in total. The van der Waals surface area contributed by atoms with E-state index in [1.54, 1.807) is 11.3 Å². The van der Waals surface area contributed by atoms with Gasteiger partial charge < -0.3 is 10.6 Å². The van der Waals surface area contributed by atoms with Gasteiger partial charge in [0.25, 0.3) is 0 Å². The van der Waals surface area contributed by atoms with E-state index in [1.807, 2.05) is 41.9 Å². The molecule has 0 aromatic carbocycles. The monoisotopic (exact) mass is 343 g/mol. The summed E-state index contributed by atoms with van der Waals surface area (Å²) in [7, 11) is 0. The summed E-state index contributed by atoms with van der Waals surface area (Å²) < 4.78 is 1.95. The van der Waals surface area contributed by atoms with Crippen molar-refractivity contribution in [3.8, 4) is 0 Å². The molecule has 0 radical (unpaired) electrons. The zero-order chi connectivity index (χ0) is 16.8. The van der Waals surface area contributed by atoms with E-state index >= 15 is 0 Å². The molecule has 0 spiro atoms. The lowest BCUT2D eigenvalue weighted by Gasteiger charge is -2.09. The number of fused-ring (bicyclic) bond motifs is 1. The number of aryl methyl sites for hydroxylation is 1. The van der Waals surface area contributed by atoms with Crippen LogP contribution in [0.5, 0.6) is 0 Å². The highest BCUT2D eigenvalue weighted by molar-refractivity contribution is 7.11. The van der Waals surface area contributed by atoms with Crippen LogP contribution in [0.2, 0.25) is 0 Å². The molecule has 0 saturated heterocycles. The van der Waals surface area contributed by atoms with Crippen LogP contribution in [0.25, 0.3) is 5.65 Å². The minimum Gasteiger partial charge on any atom is -0.357 e. The first-order valence-electron chi connectivity index (χ1n) is 8.04. The Labute approximate surface area is 144 Å². The molecule has 0 aliphatic rings. The van der Waals surface area contributed by atoms with Crippen molar-refractivity contribution in [3.05, 3.63) is 46.3 Å². The van der Waals surface area contributed by atoms with E-state index < -0.39 is 0 Å². The van der Waals surface area contributed by atoms with Crippen molar-refractivity contribution >= 4 is 22.9 Å². The lowest BCUT2D eigenvalue weighted by molar-refractivity contribution is 0.796. The van der Waals surface area contributed by atoms with Crippen LogP contribution >= 0.6 is 11.3 Å². The Morgan fingerprint density at radius 2 is 2.17 bits per heavy atom. The molecule has 8 heteroatoms. The van der Waals surface area contributed by atoms with Crippen LogP contribution in [0.15, 0.2) is 35.6 Å². The smallest absolute Gasteiger partial charge is 0.192 e. The van der Waals surface area contributed by atoms with Crippen LogP contribution in [-0.2, 0) is 19.5 Å². The Hall–Kier alpha value is -2.48. The first-order valence-corrected chi connectivity index (χ1v) is 8.86. The lowest BCUT2D eigenvalue weighted by Crippen LogP contribution is -2.36. The molecule has 0 saturated carbocycles. The lowest BCUT2D eigenvalue weighted by atomic mass is 10.4. The first kappa shape index (κ1) is 16.4. The van der Waals surface area contributed by atoms with Gasteiger partial charge in [-0.3, -0.25) is 4.40 Å². The summed E-state index contributed by atoms with van der Waals surface area (Å²) >= 11 is 1.73. The quantitative estimate of drug-likeness (QED) is 0.529. The Kier molecular flexibility index (Phi) is 5.37. The Bertz CT molecular complexity index is 821. The summed E-state index contributed by atoms with van der Waals surface area (Å²) in [4.78, 5) is 10.3. The molecule has 126 valence electrons. The number of nitrogens with one attached hydrogen (secondary N) is 2. The van der Waals surface area contributed by atoms with Crippen LogP contribution < -0.4 is 10.6 Å². The Morgan fingerprint density at radius 3 is 2.96 bits per heavy atom. The van der Waals surface area contributed by atoms with Crippen molar-refractivity contribution in [2.75, 3.05) is 6.54 Å². The number of hydrogen-bond acceptors (Lipinski definition) is 5. The van der Waals surface area contributed by atoms with Gasteiger partial charge in [0.05, 0.1) is 6.54 Å². The van der Waals surface area contributed by atoms with Gasteiger partial charge in [0, 0.05) is 23.8 Å². The molecule has 0 atom stereocenters. The average molecular weight is 343 g/mol. The minimum atomic E-state index is 0.457. The van der Waals surface area contributed by atoms with E-state index in [-0.39, 0.29) is 0 Å². The van der Waals surface area contributed by atoms with Crippen LogP contribution in [0.3, 0.4) is 0 Å². The fourth-order valence-corrected chi connectivity index (χ4v) is 3.04. The Balaban J connectivity index is 1.66. The number of hydrogen-bond donors (Lipinski definition) is 2. The van der Waals surface area contributed by atoms with Gasteiger partial charge in [-0.1, -0.05) is 13.0 Å². The number of aromatic nitrogens is 4. The van der Waals surface area contributed by atoms with Crippen molar-refractivity contribution in [2.45, 2.75) is 33.4 Å². The summed E-state index contributed by atoms with van der Waals surface area (Å²) in [6.07, 6.45) is 4.91. The summed E-state index contributed by atoms with van der Waals surface area (Å²) in [5, 5.41) is 16.0. The number of nitrogens with zero attached hydrogens (tertiary/aromatic N) is 5. The molecule has 0 unspecified atom stereocenters. The maximum atomic E-state index is 4.60. The Morgan fingerprint density at radius 1 is 1.25 bits per heavy atom. The molecular weight excluding hydrogens is 322 g/mol. The molecule has 0 aliphatic carbocycles. The van der Waals surface area contributed by atoms with Gasteiger partial charge in [-0.25, -0.2) is 9.98 Å². The molecule has 0 fully saturated rings. The molecule has 3 aromatic rings. The third-order valence-electron chi connectivity index (χ3n) is 3.46. The largest absolute Gasteiger partial charge is 0.357 e. The summed E-state index contributed by atoms with van der Waals surface area (Å²) in [6, 6.07) is 5.83. The van der Waals surface area contributed by atoms with E-state index in [9.17, 15) is 0 Å². The highest BCUT2D eigenvalue weighted by atomic mass is 32.1. The molecule has 2 N–H and O–H groups in total. The SMILES string of the molecule is CCNC(=NCc1nnc2ccccn12)NCc1ncc(CC)s1. The van der Waals surface area contributed by atoms with Gasteiger partial charge in [-0.05, 0) is 25.5 Å². The molecular formula is C16H21N7S. The number of rotatable bonds is 6. The van der Waals surface area contributed by atoms with Gasteiger partial charge in [-0.15, -0.1) is 21.5 Å². The maximum absolute atomic E-state index is 4.60. The zero-order valence-electron chi connectivity index (χ0n) is 13.9. The van der Waals surface area contributed by atoms with Crippen molar-refractivity contribution in [2.24, 2.45) is 4.99 Å². The van der Waals surface area contributed by atoms with Gasteiger partial charge >= 0.3 is 0 Å². The van der Waals surface area contributed by atoms with Gasteiger partial charge in [-0.2, -0.15) is 0 Å². The second kappa shape index (κ2) is 7.87. The van der Waals surface area contributed by atoms with E-state index in [1.165, 1.54) is 4.88 Å². The van der Waals surface area contributed by atoms with Crippen LogP contribution in [0, 0.1) is 0 Å². The average Bonchev–Trinajstić information content (AvgIpc) is 3.24. The summed E-state index contributed by atoms with van der Waals surface area (Å²) in [6.45, 7) is 6.10. The normalized spacial score (nSPS) is 11.8. The summed E-state index contributed by atoms with van der Waals surface area (Å²) in [5.41, 5.74) is 0.829. The molecule has 3 heterocycles. The van der Waals surface area contributed by atoms with Crippen molar-refractivity contribution < 1.29 is 0 Å². The molecule has 24 heavy (non-hydrogen) atoms. The zero-order valence-corrected chi connectivity index (χ0v) is 14.7. The second-order valence-corrected chi connectivity index (χ2v) is 6.37. The van der Waals surface area contributed by atoms with E-state index in [4.69, 9.17) is 0 Å². The number of pyridine rings is 1. The topological polar surface area (TPSA) is 79.5 Å².